The van der Waals surface area contributed by atoms with Crippen molar-refractivity contribution in [1.82, 2.24) is 9.88 Å². The maximum absolute atomic E-state index is 12.2. The van der Waals surface area contributed by atoms with E-state index >= 15 is 0 Å². The smallest absolute Gasteiger partial charge is 0.253 e. The third-order valence-electron chi connectivity index (χ3n) is 3.19. The van der Waals surface area contributed by atoms with Crippen LogP contribution in [0.5, 0.6) is 0 Å². The molecule has 0 saturated carbocycles. The highest BCUT2D eigenvalue weighted by atomic mass is 35.5. The van der Waals surface area contributed by atoms with Gasteiger partial charge in [0.05, 0.1) is 0 Å². The van der Waals surface area contributed by atoms with Crippen molar-refractivity contribution < 1.29 is 9.53 Å². The van der Waals surface area contributed by atoms with E-state index in [1.165, 1.54) is 0 Å². The van der Waals surface area contributed by atoms with Crippen LogP contribution in [0.15, 0.2) is 18.3 Å². The average Bonchev–Trinajstić information content (AvgIpc) is 2.39. The Morgan fingerprint density at radius 2 is 2.28 bits per heavy atom. The Hall–Kier alpha value is -1.13. The molecule has 18 heavy (non-hydrogen) atoms. The number of hydrogen-bond acceptors (Lipinski definition) is 3. The van der Waals surface area contributed by atoms with E-state index in [0.29, 0.717) is 16.6 Å². The van der Waals surface area contributed by atoms with Crippen molar-refractivity contribution >= 4 is 17.5 Å². The molecule has 1 fully saturated rings. The van der Waals surface area contributed by atoms with Gasteiger partial charge in [-0.25, -0.2) is 4.98 Å². The van der Waals surface area contributed by atoms with E-state index < -0.39 is 0 Å². The van der Waals surface area contributed by atoms with Crippen LogP contribution in [0, 0.1) is 5.92 Å². The van der Waals surface area contributed by atoms with E-state index in [0.717, 1.165) is 32.6 Å². The third-order valence-corrected chi connectivity index (χ3v) is 3.40. The van der Waals surface area contributed by atoms with Crippen LogP contribution in [-0.4, -0.2) is 42.6 Å². The molecule has 0 atom stereocenters. The summed E-state index contributed by atoms with van der Waals surface area (Å²) in [6, 6.07) is 3.29. The van der Waals surface area contributed by atoms with E-state index in [1.54, 1.807) is 23.2 Å². The fraction of sp³-hybridized carbons (Fsp3) is 0.538. The third kappa shape index (κ3) is 3.43. The molecule has 2 rings (SSSR count). The standard InChI is InChI=1S/C13H17ClN2O2/c1-16(9-10-3-6-18-7-4-10)13(17)11-2-5-15-12(14)8-11/h2,5,8,10H,3-4,6-7,9H2,1H3. The Bertz CT molecular complexity index is 419. The summed E-state index contributed by atoms with van der Waals surface area (Å²) in [7, 11) is 1.83. The number of carbonyl (C=O) groups excluding carboxylic acids is 1. The topological polar surface area (TPSA) is 42.4 Å². The molecule has 2 heterocycles. The zero-order valence-electron chi connectivity index (χ0n) is 10.4. The largest absolute Gasteiger partial charge is 0.381 e. The molecule has 0 N–H and O–H groups in total. The Kier molecular flexibility index (Phi) is 4.55. The van der Waals surface area contributed by atoms with Crippen molar-refractivity contribution in [2.24, 2.45) is 5.92 Å². The lowest BCUT2D eigenvalue weighted by Gasteiger charge is -2.27. The van der Waals surface area contributed by atoms with Crippen molar-refractivity contribution in [3.8, 4) is 0 Å². The van der Waals surface area contributed by atoms with Gasteiger partial charge in [-0.3, -0.25) is 4.79 Å². The first-order valence-electron chi connectivity index (χ1n) is 6.11. The zero-order valence-corrected chi connectivity index (χ0v) is 11.2. The monoisotopic (exact) mass is 268 g/mol. The number of rotatable bonds is 3. The van der Waals surface area contributed by atoms with Gasteiger partial charge < -0.3 is 9.64 Å². The van der Waals surface area contributed by atoms with E-state index in [9.17, 15) is 4.79 Å². The van der Waals surface area contributed by atoms with Gasteiger partial charge in [0.1, 0.15) is 5.15 Å². The lowest BCUT2D eigenvalue weighted by atomic mass is 9.99. The zero-order chi connectivity index (χ0) is 13.0. The van der Waals surface area contributed by atoms with Gasteiger partial charge in [0.25, 0.3) is 5.91 Å². The molecular formula is C13H17ClN2O2. The number of halogens is 1. The first-order chi connectivity index (χ1) is 8.66. The molecule has 1 aliphatic rings. The summed E-state index contributed by atoms with van der Waals surface area (Å²) >= 11 is 5.79. The highest BCUT2D eigenvalue weighted by Crippen LogP contribution is 2.17. The van der Waals surface area contributed by atoms with E-state index in [-0.39, 0.29) is 5.91 Å². The number of nitrogens with zero attached hydrogens (tertiary/aromatic N) is 2. The number of carbonyl (C=O) groups is 1. The highest BCUT2D eigenvalue weighted by molar-refractivity contribution is 6.29. The fourth-order valence-corrected chi connectivity index (χ4v) is 2.33. The summed E-state index contributed by atoms with van der Waals surface area (Å²) in [5, 5.41) is 0.348. The van der Waals surface area contributed by atoms with Crippen molar-refractivity contribution in [3.63, 3.8) is 0 Å². The molecule has 5 heteroatoms. The summed E-state index contributed by atoms with van der Waals surface area (Å²) < 4.78 is 5.31. The number of ether oxygens (including phenoxy) is 1. The predicted molar refractivity (Wildman–Crippen MR) is 69.8 cm³/mol. The van der Waals surface area contributed by atoms with Crippen LogP contribution in [0.4, 0.5) is 0 Å². The van der Waals surface area contributed by atoms with E-state index in [2.05, 4.69) is 4.98 Å². The lowest BCUT2D eigenvalue weighted by molar-refractivity contribution is 0.0497. The predicted octanol–water partition coefficient (Wildman–Crippen LogP) is 2.23. The minimum Gasteiger partial charge on any atom is -0.381 e. The first-order valence-corrected chi connectivity index (χ1v) is 6.49. The molecule has 1 aromatic rings. The van der Waals surface area contributed by atoms with Crippen LogP contribution < -0.4 is 0 Å². The fourth-order valence-electron chi connectivity index (χ4n) is 2.16. The molecule has 1 amide bonds. The van der Waals surface area contributed by atoms with Gasteiger partial charge in [-0.2, -0.15) is 0 Å². The van der Waals surface area contributed by atoms with Crippen LogP contribution in [0.25, 0.3) is 0 Å². The van der Waals surface area contributed by atoms with Crippen molar-refractivity contribution in [1.29, 1.82) is 0 Å². The van der Waals surface area contributed by atoms with Crippen LogP contribution in [0.1, 0.15) is 23.2 Å². The maximum atomic E-state index is 12.2. The number of aromatic nitrogens is 1. The van der Waals surface area contributed by atoms with Gasteiger partial charge >= 0.3 is 0 Å². The Morgan fingerprint density at radius 1 is 1.56 bits per heavy atom. The SMILES string of the molecule is CN(CC1CCOCC1)C(=O)c1ccnc(Cl)c1. The molecule has 98 valence electrons. The average molecular weight is 269 g/mol. The Labute approximate surface area is 112 Å². The lowest BCUT2D eigenvalue weighted by Crippen LogP contribution is -2.34. The molecular weight excluding hydrogens is 252 g/mol. The van der Waals surface area contributed by atoms with Crippen molar-refractivity contribution in [3.05, 3.63) is 29.0 Å². The van der Waals surface area contributed by atoms with Gasteiger partial charge in [0.2, 0.25) is 0 Å². The number of pyridine rings is 1. The second-order valence-corrected chi connectivity index (χ2v) is 5.00. The molecule has 0 radical (unpaired) electrons. The van der Waals surface area contributed by atoms with Crippen LogP contribution in [0.3, 0.4) is 0 Å². The molecule has 0 aliphatic carbocycles. The van der Waals surface area contributed by atoms with E-state index in [4.69, 9.17) is 16.3 Å². The molecule has 0 unspecified atom stereocenters. The second-order valence-electron chi connectivity index (χ2n) is 4.61. The Balaban J connectivity index is 1.95. The quantitative estimate of drug-likeness (QED) is 0.790. The molecule has 0 spiro atoms. The minimum absolute atomic E-state index is 0.00853. The summed E-state index contributed by atoms with van der Waals surface area (Å²) in [4.78, 5) is 17.8. The van der Waals surface area contributed by atoms with E-state index in [1.807, 2.05) is 7.05 Å². The van der Waals surface area contributed by atoms with Crippen molar-refractivity contribution in [2.75, 3.05) is 26.8 Å². The van der Waals surface area contributed by atoms with Gasteiger partial charge in [-0.15, -0.1) is 0 Å². The molecule has 0 aromatic carbocycles. The molecule has 1 aromatic heterocycles. The molecule has 4 nitrogen and oxygen atoms in total. The maximum Gasteiger partial charge on any atom is 0.253 e. The second kappa shape index (κ2) is 6.16. The summed E-state index contributed by atoms with van der Waals surface area (Å²) in [6.45, 7) is 2.36. The van der Waals surface area contributed by atoms with Gasteiger partial charge in [-0.05, 0) is 30.9 Å². The molecule has 1 saturated heterocycles. The first kappa shape index (κ1) is 13.3. The van der Waals surface area contributed by atoms with Crippen LogP contribution >= 0.6 is 11.6 Å². The highest BCUT2D eigenvalue weighted by Gasteiger charge is 2.19. The summed E-state index contributed by atoms with van der Waals surface area (Å²) in [5.41, 5.74) is 0.588. The van der Waals surface area contributed by atoms with Crippen LogP contribution in [0.2, 0.25) is 5.15 Å². The molecule has 0 bridgehead atoms. The molecule has 1 aliphatic heterocycles. The van der Waals surface area contributed by atoms with Crippen LogP contribution in [-0.2, 0) is 4.74 Å². The number of hydrogen-bond donors (Lipinski definition) is 0. The Morgan fingerprint density at radius 3 is 2.94 bits per heavy atom. The van der Waals surface area contributed by atoms with Crippen molar-refractivity contribution in [2.45, 2.75) is 12.8 Å². The normalized spacial score (nSPS) is 16.6. The minimum atomic E-state index is -0.00853. The van der Waals surface area contributed by atoms with Gasteiger partial charge in [-0.1, -0.05) is 11.6 Å². The number of amides is 1. The summed E-state index contributed by atoms with van der Waals surface area (Å²) in [5.74, 6) is 0.524. The van der Waals surface area contributed by atoms with Gasteiger partial charge in [0.15, 0.2) is 0 Å². The summed E-state index contributed by atoms with van der Waals surface area (Å²) in [6.07, 6.45) is 3.60. The van der Waals surface area contributed by atoms with Gasteiger partial charge in [0, 0.05) is 38.6 Å².